The van der Waals surface area contributed by atoms with E-state index in [0.29, 0.717) is 25.2 Å². The largest absolute Gasteiger partial charge is 0.429 e. The Morgan fingerprint density at radius 2 is 1.37 bits per heavy atom. The van der Waals surface area contributed by atoms with Gasteiger partial charge in [0.15, 0.2) is 0 Å². The van der Waals surface area contributed by atoms with Crippen molar-refractivity contribution in [3.63, 3.8) is 0 Å². The number of rotatable bonds is 3. The van der Waals surface area contributed by atoms with Gasteiger partial charge in [0.25, 0.3) is 5.60 Å². The number of fused-ring (bicyclic) bond motifs is 5. The number of aliphatic hydroxyl groups excluding tert-OH is 2. The molecule has 0 spiro atoms. The number of halogens is 6. The third-order valence-electron chi connectivity index (χ3n) is 10.9. The van der Waals surface area contributed by atoms with E-state index in [2.05, 4.69) is 13.8 Å². The van der Waals surface area contributed by atoms with E-state index in [4.69, 9.17) is 0 Å². The zero-order chi connectivity index (χ0) is 26.2. The van der Waals surface area contributed by atoms with Crippen LogP contribution in [0.1, 0.15) is 72.1 Å². The highest BCUT2D eigenvalue weighted by atomic mass is 19.4. The Morgan fingerprint density at radius 1 is 0.800 bits per heavy atom. The molecular formula is C26H38F6O3. The first kappa shape index (κ1) is 27.2. The van der Waals surface area contributed by atoms with Gasteiger partial charge in [0.2, 0.25) is 0 Å². The first-order valence-electron chi connectivity index (χ1n) is 12.9. The summed E-state index contributed by atoms with van der Waals surface area (Å²) in [5, 5.41) is 30.8. The summed E-state index contributed by atoms with van der Waals surface area (Å²) in [5.41, 5.74) is -5.19. The minimum atomic E-state index is -5.86. The number of aliphatic hydroxyl groups is 3. The lowest BCUT2D eigenvalue weighted by atomic mass is 9.44. The van der Waals surface area contributed by atoms with Crippen molar-refractivity contribution < 1.29 is 41.7 Å². The van der Waals surface area contributed by atoms with E-state index in [1.54, 1.807) is 6.92 Å². The molecule has 0 radical (unpaired) electrons. The summed E-state index contributed by atoms with van der Waals surface area (Å²) >= 11 is 0. The molecule has 0 aliphatic heterocycles. The molecule has 10 unspecified atom stereocenters. The molecule has 0 saturated heterocycles. The fourth-order valence-corrected chi connectivity index (χ4v) is 8.96. The maximum absolute atomic E-state index is 13.1. The quantitative estimate of drug-likeness (QED) is 0.320. The molecule has 3 nitrogen and oxygen atoms in total. The van der Waals surface area contributed by atoms with Crippen molar-refractivity contribution in [3.8, 4) is 0 Å². The third-order valence-corrected chi connectivity index (χ3v) is 10.9. The Morgan fingerprint density at radius 3 is 1.97 bits per heavy atom. The molecule has 35 heavy (non-hydrogen) atoms. The van der Waals surface area contributed by atoms with E-state index in [1.807, 2.05) is 0 Å². The van der Waals surface area contributed by atoms with Crippen LogP contribution in [0, 0.1) is 46.3 Å². The summed E-state index contributed by atoms with van der Waals surface area (Å²) in [4.78, 5) is 0. The normalized spacial score (nSPS) is 45.7. The second-order valence-electron chi connectivity index (χ2n) is 12.4. The second kappa shape index (κ2) is 8.62. The van der Waals surface area contributed by atoms with E-state index in [-0.39, 0.29) is 46.7 Å². The van der Waals surface area contributed by atoms with Gasteiger partial charge in [-0.2, -0.15) is 26.3 Å². The summed E-state index contributed by atoms with van der Waals surface area (Å²) in [5.74, 6) is 0.268. The van der Waals surface area contributed by atoms with Crippen LogP contribution in [-0.2, 0) is 0 Å². The van der Waals surface area contributed by atoms with E-state index in [9.17, 15) is 41.7 Å². The molecule has 3 N–H and O–H groups in total. The highest BCUT2D eigenvalue weighted by molar-refractivity contribution is 5.15. The Bertz CT molecular complexity index is 811. The molecular weight excluding hydrogens is 474 g/mol. The molecule has 10 atom stereocenters. The van der Waals surface area contributed by atoms with Crippen molar-refractivity contribution in [2.75, 3.05) is 0 Å². The molecule has 0 aromatic heterocycles. The van der Waals surface area contributed by atoms with Crippen molar-refractivity contribution >= 4 is 0 Å². The summed E-state index contributed by atoms with van der Waals surface area (Å²) < 4.78 is 78.8. The van der Waals surface area contributed by atoms with Crippen molar-refractivity contribution in [2.45, 2.75) is 102 Å². The molecule has 9 heteroatoms. The summed E-state index contributed by atoms with van der Waals surface area (Å²) in [6.45, 7) is 5.99. The van der Waals surface area contributed by atoms with Crippen LogP contribution >= 0.6 is 0 Å². The van der Waals surface area contributed by atoms with Gasteiger partial charge in [-0.05, 0) is 104 Å². The molecule has 4 saturated carbocycles. The fourth-order valence-electron chi connectivity index (χ4n) is 8.96. The zero-order valence-electron chi connectivity index (χ0n) is 20.5. The lowest BCUT2D eigenvalue weighted by molar-refractivity contribution is -0.347. The fraction of sp³-hybridized carbons (Fsp3) is 0.923. The number of hydrogen-bond donors (Lipinski definition) is 3. The van der Waals surface area contributed by atoms with Gasteiger partial charge in [0, 0.05) is 0 Å². The Kier molecular flexibility index (Phi) is 6.71. The Balaban J connectivity index is 1.56. The van der Waals surface area contributed by atoms with Crippen molar-refractivity contribution in [3.05, 3.63) is 12.2 Å². The molecule has 4 aliphatic rings. The van der Waals surface area contributed by atoms with Crippen molar-refractivity contribution in [1.82, 2.24) is 0 Å². The van der Waals surface area contributed by atoms with Crippen LogP contribution < -0.4 is 0 Å². The van der Waals surface area contributed by atoms with Gasteiger partial charge >= 0.3 is 12.4 Å². The van der Waals surface area contributed by atoms with Gasteiger partial charge in [0.1, 0.15) is 0 Å². The molecule has 4 fully saturated rings. The van der Waals surface area contributed by atoms with Crippen LogP contribution in [0.15, 0.2) is 12.2 Å². The highest BCUT2D eigenvalue weighted by Gasteiger charge is 2.69. The van der Waals surface area contributed by atoms with Gasteiger partial charge in [-0.3, -0.25) is 0 Å². The summed E-state index contributed by atoms with van der Waals surface area (Å²) in [7, 11) is 0. The van der Waals surface area contributed by atoms with Crippen LogP contribution in [0.25, 0.3) is 0 Å². The smallest absolute Gasteiger partial charge is 0.393 e. The molecule has 4 aliphatic carbocycles. The molecule has 0 aromatic rings. The van der Waals surface area contributed by atoms with E-state index in [0.717, 1.165) is 38.2 Å². The van der Waals surface area contributed by atoms with Crippen LogP contribution in [0.3, 0.4) is 0 Å². The SMILES string of the molecule is CC(C=CC(O)(C(F)(F)F)C(F)(F)F)C1CCC2C3CC(O)C4CC(O)CCC4(C)C3CCC12C. The maximum atomic E-state index is 13.1. The molecule has 0 amide bonds. The van der Waals surface area contributed by atoms with Crippen LogP contribution in [0.4, 0.5) is 26.3 Å². The predicted molar refractivity (Wildman–Crippen MR) is 118 cm³/mol. The summed E-state index contributed by atoms with van der Waals surface area (Å²) in [6.07, 6.45) is -5.73. The Hall–Kier alpha value is -0.800. The van der Waals surface area contributed by atoms with E-state index >= 15 is 0 Å². The standard InChI is InChI=1S/C26H38F6O3/c1-14(6-11-24(35,25(27,28)29)26(30,31)32)17-4-5-18-16-13-21(34)20-12-15(33)7-9-23(20,3)19(16)8-10-22(17,18)2/h6,11,14-21,33-35H,4-5,7-10,12-13H2,1-3H3. The van der Waals surface area contributed by atoms with E-state index in [1.165, 1.54) is 0 Å². The Labute approximate surface area is 203 Å². The maximum Gasteiger partial charge on any atom is 0.429 e. The number of alkyl halides is 6. The van der Waals surface area contributed by atoms with Gasteiger partial charge in [-0.15, -0.1) is 0 Å². The summed E-state index contributed by atoms with van der Waals surface area (Å²) in [6, 6.07) is 0. The molecule has 202 valence electrons. The third kappa shape index (κ3) is 4.15. The molecule has 0 bridgehead atoms. The number of hydrogen-bond acceptors (Lipinski definition) is 3. The minimum absolute atomic E-state index is 0.0540. The van der Waals surface area contributed by atoms with Crippen LogP contribution in [0.5, 0.6) is 0 Å². The van der Waals surface area contributed by atoms with Gasteiger partial charge in [-0.25, -0.2) is 0 Å². The van der Waals surface area contributed by atoms with Crippen LogP contribution in [-0.4, -0.2) is 45.5 Å². The average Bonchev–Trinajstić information content (AvgIpc) is 3.09. The van der Waals surface area contributed by atoms with Gasteiger partial charge in [-0.1, -0.05) is 26.8 Å². The molecule has 0 aromatic carbocycles. The van der Waals surface area contributed by atoms with Crippen molar-refractivity contribution in [1.29, 1.82) is 0 Å². The number of allylic oxidation sites excluding steroid dienone is 1. The molecule has 4 rings (SSSR count). The highest BCUT2D eigenvalue weighted by Crippen LogP contribution is 2.68. The van der Waals surface area contributed by atoms with Gasteiger partial charge < -0.3 is 15.3 Å². The van der Waals surface area contributed by atoms with Crippen molar-refractivity contribution in [2.24, 2.45) is 46.3 Å². The monoisotopic (exact) mass is 512 g/mol. The average molecular weight is 513 g/mol. The van der Waals surface area contributed by atoms with E-state index < -0.39 is 30.0 Å². The molecule has 0 heterocycles. The lowest BCUT2D eigenvalue weighted by Gasteiger charge is -2.62. The zero-order valence-corrected chi connectivity index (χ0v) is 20.5. The first-order valence-corrected chi connectivity index (χ1v) is 12.9. The lowest BCUT2D eigenvalue weighted by Crippen LogP contribution is -2.58. The first-order chi connectivity index (χ1) is 16.0. The minimum Gasteiger partial charge on any atom is -0.393 e. The topological polar surface area (TPSA) is 60.7 Å². The van der Waals surface area contributed by atoms with Gasteiger partial charge in [0.05, 0.1) is 12.2 Å². The predicted octanol–water partition coefficient (Wildman–Crippen LogP) is 6.03. The second-order valence-corrected chi connectivity index (χ2v) is 12.4. The van der Waals surface area contributed by atoms with Crippen LogP contribution in [0.2, 0.25) is 0 Å².